The summed E-state index contributed by atoms with van der Waals surface area (Å²) in [6, 6.07) is 0. The van der Waals surface area contributed by atoms with Gasteiger partial charge in [0, 0.05) is 22.4 Å². The van der Waals surface area contributed by atoms with Crippen LogP contribution >= 0.6 is 0 Å². The Labute approximate surface area is 49.0 Å². The molecule has 1 rings (SSSR count). The Morgan fingerprint density at radius 2 is 1.50 bits per heavy atom. The summed E-state index contributed by atoms with van der Waals surface area (Å²) in [5, 5.41) is 14.5. The Bertz CT molecular complexity index is 60.4. The molecule has 0 aliphatic rings. The normalized spacial score (nSPS) is 6.67. The molecule has 0 fully saturated rings. The Hall–Kier alpha value is -0.260. The van der Waals surface area contributed by atoms with Crippen molar-refractivity contribution < 1.29 is 22.4 Å². The van der Waals surface area contributed by atoms with Crippen molar-refractivity contribution in [3.63, 3.8) is 0 Å². The molecule has 1 aromatic heterocycles. The Balaban J connectivity index is 0.000000250. The van der Waals surface area contributed by atoms with Crippen LogP contribution in [0, 0.1) is 0 Å². The second-order valence-corrected chi connectivity index (χ2v) is 0.479. The van der Waals surface area contributed by atoms with Crippen molar-refractivity contribution in [1.82, 2.24) is 26.1 Å². The van der Waals surface area contributed by atoms with E-state index >= 15 is 0 Å². The number of nitrogens with zero attached hydrogens (tertiary/aromatic N) is 4. The van der Waals surface area contributed by atoms with Crippen LogP contribution in [0.15, 0.2) is 0 Å². The third-order valence-electron chi connectivity index (χ3n) is 0.219. The summed E-state index contributed by atoms with van der Waals surface area (Å²) in [6.45, 7) is 0. The van der Waals surface area contributed by atoms with Gasteiger partial charge in [-0.1, -0.05) is 0 Å². The smallest absolute Gasteiger partial charge is 0 e. The van der Waals surface area contributed by atoms with Gasteiger partial charge in [0.15, 0.2) is 0 Å². The SMILES string of the molecule is [Ag].n1nn[nH]n1. The number of rotatable bonds is 0. The van der Waals surface area contributed by atoms with Crippen molar-refractivity contribution in [2.45, 2.75) is 0 Å². The summed E-state index contributed by atoms with van der Waals surface area (Å²) in [5.74, 6) is 0. The van der Waals surface area contributed by atoms with E-state index in [9.17, 15) is 0 Å². The number of hydrogen-bond acceptors (Lipinski definition) is 4. The fourth-order valence-corrected chi connectivity index (χ4v) is 0.100. The van der Waals surface area contributed by atoms with Crippen molar-refractivity contribution in [2.24, 2.45) is 0 Å². The van der Waals surface area contributed by atoms with E-state index in [-0.39, 0.29) is 22.4 Å². The van der Waals surface area contributed by atoms with Crippen LogP contribution in [0.1, 0.15) is 0 Å². The van der Waals surface area contributed by atoms with Gasteiger partial charge in [0.2, 0.25) is 0 Å². The van der Waals surface area contributed by atoms with Gasteiger partial charge in [-0.3, -0.25) is 0 Å². The zero-order chi connectivity index (χ0) is 3.54. The summed E-state index contributed by atoms with van der Waals surface area (Å²) >= 11 is 0. The summed E-state index contributed by atoms with van der Waals surface area (Å²) in [4.78, 5) is 0. The summed E-state index contributed by atoms with van der Waals surface area (Å²) in [7, 11) is 0. The second-order valence-electron chi connectivity index (χ2n) is 0.479. The fourth-order valence-electron chi connectivity index (χ4n) is 0.100. The first-order valence-corrected chi connectivity index (χ1v) is 1.05. The predicted molar refractivity (Wildman–Crippen MR) is 12.0 cm³/mol. The molecule has 6 heteroatoms. The number of nitrogens with one attached hydrogen (secondary N) is 1. The van der Waals surface area contributed by atoms with Gasteiger partial charge >= 0.3 is 0 Å². The van der Waals surface area contributed by atoms with E-state index in [1.54, 1.807) is 0 Å². The first-order valence-electron chi connectivity index (χ1n) is 1.05. The maximum absolute atomic E-state index is 3.12. The molecule has 1 N–H and O–H groups in total. The van der Waals surface area contributed by atoms with Crippen molar-refractivity contribution in [3.05, 3.63) is 0 Å². The Morgan fingerprint density at radius 3 is 1.67 bits per heavy atom. The standard InChI is InChI=1S/Ag.HN5/c;1-2-4-5-3-1/h;(H,1,2,3,4,5). The monoisotopic (exact) mass is 178 g/mol. The minimum absolute atomic E-state index is 0. The molecule has 1 aromatic rings. The van der Waals surface area contributed by atoms with E-state index in [2.05, 4.69) is 26.1 Å². The number of aromatic nitrogens is 5. The number of H-pyrrole nitrogens is 1. The van der Waals surface area contributed by atoms with Crippen LogP contribution in [0.25, 0.3) is 0 Å². The largest absolute Gasteiger partial charge is 0.157 e. The summed E-state index contributed by atoms with van der Waals surface area (Å²) in [6.07, 6.45) is 0. The summed E-state index contributed by atoms with van der Waals surface area (Å²) in [5.41, 5.74) is 0. The van der Waals surface area contributed by atoms with Crippen molar-refractivity contribution in [1.29, 1.82) is 0 Å². The number of hydrogen-bond donors (Lipinski definition) is 1. The molecule has 6 heavy (non-hydrogen) atoms. The van der Waals surface area contributed by atoms with Gasteiger partial charge in [-0.15, -0.1) is 0 Å². The van der Waals surface area contributed by atoms with E-state index in [0.717, 1.165) is 0 Å². The molecule has 5 nitrogen and oxygen atoms in total. The van der Waals surface area contributed by atoms with E-state index < -0.39 is 0 Å². The van der Waals surface area contributed by atoms with Gasteiger partial charge in [0.1, 0.15) is 0 Å². The molecule has 37 valence electrons. The molecule has 0 spiro atoms. The molecule has 0 saturated carbocycles. The van der Waals surface area contributed by atoms with E-state index in [0.29, 0.717) is 0 Å². The van der Waals surface area contributed by atoms with Crippen molar-refractivity contribution in [2.75, 3.05) is 0 Å². The van der Waals surface area contributed by atoms with Gasteiger partial charge in [0.25, 0.3) is 0 Å². The predicted octanol–water partition coefficient (Wildman–Crippen LogP) is -1.41. The van der Waals surface area contributed by atoms with Crippen molar-refractivity contribution >= 4 is 0 Å². The third kappa shape index (κ3) is 1.25. The van der Waals surface area contributed by atoms with Crippen LogP contribution in [0.4, 0.5) is 0 Å². The van der Waals surface area contributed by atoms with Crippen LogP contribution in [0.2, 0.25) is 0 Å². The van der Waals surface area contributed by atoms with Crippen molar-refractivity contribution in [3.8, 4) is 0 Å². The molecule has 0 unspecified atom stereocenters. The van der Waals surface area contributed by atoms with E-state index in [4.69, 9.17) is 0 Å². The molecule has 0 atom stereocenters. The van der Waals surface area contributed by atoms with Gasteiger partial charge in [-0.2, -0.15) is 5.21 Å². The van der Waals surface area contributed by atoms with Gasteiger partial charge in [0.05, 0.1) is 0 Å². The third-order valence-corrected chi connectivity index (χ3v) is 0.219. The molecule has 0 saturated heterocycles. The Kier molecular flexibility index (Phi) is 2.82. The van der Waals surface area contributed by atoms with E-state index in [1.165, 1.54) is 0 Å². The van der Waals surface area contributed by atoms with Gasteiger partial charge < -0.3 is 0 Å². The van der Waals surface area contributed by atoms with Crippen LogP contribution in [0.3, 0.4) is 0 Å². The summed E-state index contributed by atoms with van der Waals surface area (Å²) < 4.78 is 0. The first kappa shape index (κ1) is 5.74. The molecule has 1 radical (unpaired) electrons. The van der Waals surface area contributed by atoms with Crippen LogP contribution in [-0.4, -0.2) is 26.1 Å². The Morgan fingerprint density at radius 1 is 1.00 bits per heavy atom. The quantitative estimate of drug-likeness (QED) is 0.497. The molecule has 1 heterocycles. The average Bonchev–Trinajstić information content (AvgIpc) is 1.76. The van der Waals surface area contributed by atoms with Gasteiger partial charge in [-0.25, -0.2) is 0 Å². The second kappa shape index (κ2) is 2.95. The maximum atomic E-state index is 3.12. The average molecular weight is 179 g/mol. The molecule has 0 aliphatic heterocycles. The van der Waals surface area contributed by atoms with Crippen LogP contribution < -0.4 is 0 Å². The molecule has 0 amide bonds. The molecule has 0 bridgehead atoms. The maximum Gasteiger partial charge on any atom is 0 e. The zero-order valence-corrected chi connectivity index (χ0v) is 4.07. The topological polar surface area (TPSA) is 67.3 Å². The van der Waals surface area contributed by atoms with Crippen LogP contribution in [0.5, 0.6) is 0 Å². The first-order chi connectivity index (χ1) is 2.50. The fraction of sp³-hybridized carbons (Fsp3) is 0. The minimum atomic E-state index is 0. The molecular weight excluding hydrogens is 178 g/mol. The molecular formula is HAgN5. The van der Waals surface area contributed by atoms with E-state index in [1.807, 2.05) is 0 Å². The van der Waals surface area contributed by atoms with Gasteiger partial charge in [-0.05, 0) is 20.9 Å². The molecule has 0 aromatic carbocycles. The molecule has 0 aliphatic carbocycles. The minimum Gasteiger partial charge on any atom is -0.157 e. The van der Waals surface area contributed by atoms with Crippen LogP contribution in [-0.2, 0) is 22.4 Å². The zero-order valence-electron chi connectivity index (χ0n) is 2.59. The number of aromatic amines is 1.